The number of aliphatic hydroxyl groups is 1. The lowest BCUT2D eigenvalue weighted by molar-refractivity contribution is 0.167. The summed E-state index contributed by atoms with van der Waals surface area (Å²) in [5, 5.41) is 10.3. The fourth-order valence-electron chi connectivity index (χ4n) is 2.58. The molecule has 0 bridgehead atoms. The molecular formula is C18H22O2. The summed E-state index contributed by atoms with van der Waals surface area (Å²) in [5.41, 5.74) is 4.58. The standard InChI is InChI=1S/C18H22O2/c1-13-11-14(2)16(18(12-13)20-3)9-10-17(19)15-7-5-4-6-8-15/h4-8,11-12,17,19H,9-10H2,1-3H3. The Kier molecular flexibility index (Phi) is 4.80. The van der Waals surface area contributed by atoms with Crippen LogP contribution in [0.4, 0.5) is 0 Å². The van der Waals surface area contributed by atoms with Crippen molar-refractivity contribution in [2.45, 2.75) is 32.8 Å². The van der Waals surface area contributed by atoms with Crippen molar-refractivity contribution < 1.29 is 9.84 Å². The molecule has 1 N–H and O–H groups in total. The molecule has 1 atom stereocenters. The second-order valence-corrected chi connectivity index (χ2v) is 5.23. The normalized spacial score (nSPS) is 12.2. The predicted octanol–water partition coefficient (Wildman–Crippen LogP) is 3.98. The first-order chi connectivity index (χ1) is 9.61. The van der Waals surface area contributed by atoms with E-state index in [-0.39, 0.29) is 0 Å². The zero-order valence-electron chi connectivity index (χ0n) is 12.4. The molecule has 0 heterocycles. The molecule has 2 heteroatoms. The quantitative estimate of drug-likeness (QED) is 0.890. The van der Waals surface area contributed by atoms with Crippen molar-refractivity contribution in [3.05, 3.63) is 64.7 Å². The topological polar surface area (TPSA) is 29.5 Å². The maximum absolute atomic E-state index is 10.3. The number of hydrogen-bond donors (Lipinski definition) is 1. The van der Waals surface area contributed by atoms with E-state index in [9.17, 15) is 5.11 Å². The molecule has 0 saturated heterocycles. The highest BCUT2D eigenvalue weighted by Crippen LogP contribution is 2.28. The smallest absolute Gasteiger partial charge is 0.122 e. The van der Waals surface area contributed by atoms with Gasteiger partial charge in [-0.25, -0.2) is 0 Å². The summed E-state index contributed by atoms with van der Waals surface area (Å²) in [4.78, 5) is 0. The molecule has 106 valence electrons. The van der Waals surface area contributed by atoms with E-state index in [4.69, 9.17) is 4.74 Å². The van der Waals surface area contributed by atoms with Gasteiger partial charge in [0.25, 0.3) is 0 Å². The minimum Gasteiger partial charge on any atom is -0.496 e. The second kappa shape index (κ2) is 6.58. The van der Waals surface area contributed by atoms with Crippen LogP contribution < -0.4 is 4.74 Å². The van der Waals surface area contributed by atoms with Gasteiger partial charge in [-0.2, -0.15) is 0 Å². The zero-order chi connectivity index (χ0) is 14.5. The molecule has 20 heavy (non-hydrogen) atoms. The van der Waals surface area contributed by atoms with Crippen LogP contribution in [0.25, 0.3) is 0 Å². The Hall–Kier alpha value is -1.80. The third-order valence-corrected chi connectivity index (χ3v) is 3.65. The van der Waals surface area contributed by atoms with Crippen LogP contribution in [-0.4, -0.2) is 12.2 Å². The van der Waals surface area contributed by atoms with Crippen molar-refractivity contribution in [1.29, 1.82) is 0 Å². The van der Waals surface area contributed by atoms with Gasteiger partial charge in [0.15, 0.2) is 0 Å². The molecule has 2 aromatic rings. The summed E-state index contributed by atoms with van der Waals surface area (Å²) in [6.07, 6.45) is 1.08. The van der Waals surface area contributed by atoms with Crippen LogP contribution in [0.2, 0.25) is 0 Å². The van der Waals surface area contributed by atoms with Crippen LogP contribution >= 0.6 is 0 Å². The van der Waals surface area contributed by atoms with Crippen molar-refractivity contribution in [2.24, 2.45) is 0 Å². The van der Waals surface area contributed by atoms with Crippen molar-refractivity contribution in [3.8, 4) is 5.75 Å². The summed E-state index contributed by atoms with van der Waals surface area (Å²) in [6.45, 7) is 4.16. The van der Waals surface area contributed by atoms with Crippen LogP contribution in [0.15, 0.2) is 42.5 Å². The minimum absolute atomic E-state index is 0.429. The lowest BCUT2D eigenvalue weighted by Gasteiger charge is -2.15. The summed E-state index contributed by atoms with van der Waals surface area (Å²) in [6, 6.07) is 14.0. The lowest BCUT2D eigenvalue weighted by atomic mass is 9.96. The predicted molar refractivity (Wildman–Crippen MR) is 82.2 cm³/mol. The van der Waals surface area contributed by atoms with Gasteiger partial charge in [0.05, 0.1) is 13.2 Å². The summed E-state index contributed by atoms with van der Waals surface area (Å²) < 4.78 is 5.46. The molecule has 0 aromatic heterocycles. The van der Waals surface area contributed by atoms with E-state index in [0.717, 1.165) is 17.7 Å². The van der Waals surface area contributed by atoms with Gasteiger partial charge in [0, 0.05) is 0 Å². The Bertz CT molecular complexity index is 561. The number of rotatable bonds is 5. The van der Waals surface area contributed by atoms with Gasteiger partial charge in [-0.15, -0.1) is 0 Å². The summed E-state index contributed by atoms with van der Waals surface area (Å²) in [5.74, 6) is 0.919. The highest BCUT2D eigenvalue weighted by atomic mass is 16.5. The van der Waals surface area contributed by atoms with E-state index in [1.165, 1.54) is 16.7 Å². The highest BCUT2D eigenvalue weighted by Gasteiger charge is 2.12. The Balaban J connectivity index is 2.11. The molecule has 0 aliphatic carbocycles. The van der Waals surface area contributed by atoms with Gasteiger partial charge < -0.3 is 9.84 Å². The first-order valence-corrected chi connectivity index (χ1v) is 6.99. The monoisotopic (exact) mass is 270 g/mol. The SMILES string of the molecule is COc1cc(C)cc(C)c1CCC(O)c1ccccc1. The second-order valence-electron chi connectivity index (χ2n) is 5.23. The number of methoxy groups -OCH3 is 1. The van der Waals surface area contributed by atoms with E-state index < -0.39 is 6.10 Å². The number of benzene rings is 2. The van der Waals surface area contributed by atoms with Crippen molar-refractivity contribution in [2.75, 3.05) is 7.11 Å². The Morgan fingerprint density at radius 1 is 1.10 bits per heavy atom. The van der Waals surface area contributed by atoms with Gasteiger partial charge in [-0.1, -0.05) is 36.4 Å². The average molecular weight is 270 g/mol. The Morgan fingerprint density at radius 2 is 1.80 bits per heavy atom. The molecule has 2 rings (SSSR count). The maximum Gasteiger partial charge on any atom is 0.122 e. The average Bonchev–Trinajstić information content (AvgIpc) is 2.46. The number of aliphatic hydroxyl groups excluding tert-OH is 1. The molecule has 0 saturated carbocycles. The molecule has 0 fully saturated rings. The fraction of sp³-hybridized carbons (Fsp3) is 0.333. The molecule has 1 unspecified atom stereocenters. The molecule has 0 aliphatic rings. The highest BCUT2D eigenvalue weighted by molar-refractivity contribution is 5.43. The first-order valence-electron chi connectivity index (χ1n) is 6.99. The Morgan fingerprint density at radius 3 is 2.45 bits per heavy atom. The van der Waals surface area contributed by atoms with Crippen molar-refractivity contribution >= 4 is 0 Å². The van der Waals surface area contributed by atoms with E-state index in [0.29, 0.717) is 6.42 Å². The molecule has 0 radical (unpaired) electrons. The molecule has 0 amide bonds. The third-order valence-electron chi connectivity index (χ3n) is 3.65. The fourth-order valence-corrected chi connectivity index (χ4v) is 2.58. The van der Waals surface area contributed by atoms with Gasteiger partial charge in [0.1, 0.15) is 5.75 Å². The maximum atomic E-state index is 10.3. The van der Waals surface area contributed by atoms with Crippen molar-refractivity contribution in [3.63, 3.8) is 0 Å². The van der Waals surface area contributed by atoms with Crippen LogP contribution in [0, 0.1) is 13.8 Å². The van der Waals surface area contributed by atoms with Crippen molar-refractivity contribution in [1.82, 2.24) is 0 Å². The van der Waals surface area contributed by atoms with E-state index >= 15 is 0 Å². The van der Waals surface area contributed by atoms with E-state index in [1.54, 1.807) is 7.11 Å². The first kappa shape index (κ1) is 14.6. The largest absolute Gasteiger partial charge is 0.496 e. The summed E-state index contributed by atoms with van der Waals surface area (Å²) in [7, 11) is 1.70. The van der Waals surface area contributed by atoms with Crippen LogP contribution in [0.3, 0.4) is 0 Å². The van der Waals surface area contributed by atoms with Gasteiger partial charge >= 0.3 is 0 Å². The van der Waals surface area contributed by atoms with Crippen LogP contribution in [-0.2, 0) is 6.42 Å². The van der Waals surface area contributed by atoms with E-state index in [1.807, 2.05) is 30.3 Å². The lowest BCUT2D eigenvalue weighted by Crippen LogP contribution is -2.02. The number of hydrogen-bond acceptors (Lipinski definition) is 2. The number of ether oxygens (including phenoxy) is 1. The van der Waals surface area contributed by atoms with Crippen LogP contribution in [0.1, 0.15) is 34.8 Å². The van der Waals surface area contributed by atoms with Gasteiger partial charge in [-0.3, -0.25) is 0 Å². The summed E-state index contributed by atoms with van der Waals surface area (Å²) >= 11 is 0. The molecular weight excluding hydrogens is 248 g/mol. The zero-order valence-corrected chi connectivity index (χ0v) is 12.4. The third kappa shape index (κ3) is 3.40. The molecule has 2 aromatic carbocycles. The van der Waals surface area contributed by atoms with Gasteiger partial charge in [-0.05, 0) is 55.0 Å². The Labute approximate surface area is 121 Å². The number of aryl methyl sites for hydroxylation is 2. The molecule has 2 nitrogen and oxygen atoms in total. The van der Waals surface area contributed by atoms with Gasteiger partial charge in [0.2, 0.25) is 0 Å². The van der Waals surface area contributed by atoms with E-state index in [2.05, 4.69) is 26.0 Å². The van der Waals surface area contributed by atoms with Crippen LogP contribution in [0.5, 0.6) is 5.75 Å². The molecule has 0 spiro atoms. The molecule has 0 aliphatic heterocycles. The minimum atomic E-state index is -0.429.